The van der Waals surface area contributed by atoms with E-state index in [1.807, 2.05) is 12.1 Å². The molecule has 3 aromatic heterocycles. The van der Waals surface area contributed by atoms with Gasteiger partial charge in [0.25, 0.3) is 5.56 Å². The minimum Gasteiger partial charge on any atom is -0.478 e. The number of nitrogens with two attached hydrogens (primary N) is 1. The van der Waals surface area contributed by atoms with Crippen LogP contribution in [0.5, 0.6) is 5.88 Å². The summed E-state index contributed by atoms with van der Waals surface area (Å²) in [4.78, 5) is 31.4. The summed E-state index contributed by atoms with van der Waals surface area (Å²) in [6.07, 6.45) is 4.78. The number of fused-ring (bicyclic) bond motifs is 1. The summed E-state index contributed by atoms with van der Waals surface area (Å²) in [5.74, 6) is -0.192. The van der Waals surface area contributed by atoms with Crippen LogP contribution in [0.15, 0.2) is 45.9 Å². The highest BCUT2D eigenvalue weighted by Crippen LogP contribution is 2.36. The van der Waals surface area contributed by atoms with Gasteiger partial charge in [-0.2, -0.15) is 5.10 Å². The number of rotatable bonds is 7. The zero-order chi connectivity index (χ0) is 28.1. The van der Waals surface area contributed by atoms with Crippen LogP contribution in [0, 0.1) is 0 Å². The lowest BCUT2D eigenvalue weighted by atomic mass is 9.88. The number of hydrogen-bond donors (Lipinski definition) is 2. The third-order valence-corrected chi connectivity index (χ3v) is 8.12. The summed E-state index contributed by atoms with van der Waals surface area (Å²) in [5.41, 5.74) is 8.58. The van der Waals surface area contributed by atoms with Crippen LogP contribution in [-0.4, -0.2) is 65.1 Å². The number of aromatic nitrogens is 5. The summed E-state index contributed by atoms with van der Waals surface area (Å²) < 4.78 is 12.1. The topological polar surface area (TPSA) is 133 Å². The molecule has 11 nitrogen and oxygen atoms in total. The highest BCUT2D eigenvalue weighted by Gasteiger charge is 2.36. The Labute approximate surface area is 233 Å². The number of carboxylic acids is 1. The van der Waals surface area contributed by atoms with E-state index in [1.165, 1.54) is 30.1 Å². The van der Waals surface area contributed by atoms with E-state index in [0.717, 1.165) is 34.9 Å². The average Bonchev–Trinajstić information content (AvgIpc) is 3.40. The van der Waals surface area contributed by atoms with E-state index in [4.69, 9.17) is 10.5 Å². The van der Waals surface area contributed by atoms with Gasteiger partial charge in [-0.1, -0.05) is 15.9 Å². The summed E-state index contributed by atoms with van der Waals surface area (Å²) in [6.45, 7) is 6.22. The number of aromatic carboxylic acids is 1. The summed E-state index contributed by atoms with van der Waals surface area (Å²) in [6, 6.07) is 7.51. The lowest BCUT2D eigenvalue weighted by molar-refractivity contribution is 0.0376. The van der Waals surface area contributed by atoms with Gasteiger partial charge in [0, 0.05) is 49.4 Å². The molecule has 1 aliphatic rings. The maximum atomic E-state index is 12.9. The molecule has 206 valence electrons. The number of nitrogens with zero attached hydrogens (tertiary/aromatic N) is 6. The largest absolute Gasteiger partial charge is 0.478 e. The molecule has 1 unspecified atom stereocenters. The van der Waals surface area contributed by atoms with Crippen molar-refractivity contribution in [1.82, 2.24) is 28.8 Å². The zero-order valence-corrected chi connectivity index (χ0v) is 24.0. The predicted octanol–water partition coefficient (Wildman–Crippen LogP) is 3.67. The van der Waals surface area contributed by atoms with E-state index >= 15 is 0 Å². The number of pyridine rings is 1. The molecule has 12 heteroatoms. The summed E-state index contributed by atoms with van der Waals surface area (Å²) >= 11 is 3.56. The van der Waals surface area contributed by atoms with Crippen molar-refractivity contribution in [2.75, 3.05) is 25.4 Å². The molecule has 1 aromatic carbocycles. The number of carbonyl (C=O) groups is 1. The quantitative estimate of drug-likeness (QED) is 0.329. The third kappa shape index (κ3) is 5.06. The number of ether oxygens (including phenoxy) is 1. The lowest BCUT2D eigenvalue weighted by Crippen LogP contribution is -2.52. The standard InChI is InChI=1S/C27H32BrN7O4/c1-27(2)8-7-18(35-22-12-17(28)5-6-21(22)31-26(35)29)15-34(27)9-10-39-24-20(13-30-33(24)4)19-11-16(25(37)38)14-32(3)23(19)36/h5-6,11-14,18H,7-10,15H2,1-4H3,(H2,29,31)(H,37,38). The number of piperidine rings is 1. The molecule has 1 saturated heterocycles. The average molecular weight is 599 g/mol. The van der Waals surface area contributed by atoms with Crippen LogP contribution < -0.4 is 16.0 Å². The molecule has 0 bridgehead atoms. The fourth-order valence-electron chi connectivity index (χ4n) is 5.40. The minimum absolute atomic E-state index is 0.0151. The van der Waals surface area contributed by atoms with Gasteiger partial charge in [0.2, 0.25) is 11.8 Å². The highest BCUT2D eigenvalue weighted by molar-refractivity contribution is 9.10. The molecule has 3 N–H and O–H groups in total. The second-order valence-electron chi connectivity index (χ2n) is 10.6. The van der Waals surface area contributed by atoms with Gasteiger partial charge in [0.15, 0.2) is 0 Å². The normalized spacial score (nSPS) is 17.5. The molecule has 0 saturated carbocycles. The maximum absolute atomic E-state index is 12.9. The number of carboxylic acid groups (broad SMARTS) is 1. The Morgan fingerprint density at radius 3 is 2.77 bits per heavy atom. The number of hydrogen-bond acceptors (Lipinski definition) is 7. The van der Waals surface area contributed by atoms with Crippen molar-refractivity contribution in [2.45, 2.75) is 38.3 Å². The van der Waals surface area contributed by atoms with Crippen molar-refractivity contribution in [3.63, 3.8) is 0 Å². The van der Waals surface area contributed by atoms with Crippen LogP contribution in [0.2, 0.25) is 0 Å². The fourth-order valence-corrected chi connectivity index (χ4v) is 5.75. The van der Waals surface area contributed by atoms with Gasteiger partial charge in [0.1, 0.15) is 6.61 Å². The molecule has 5 rings (SSSR count). The minimum atomic E-state index is -1.11. The summed E-state index contributed by atoms with van der Waals surface area (Å²) in [5, 5.41) is 13.7. The van der Waals surface area contributed by atoms with Crippen LogP contribution in [0.1, 0.15) is 43.1 Å². The molecular formula is C27H32BrN7O4. The van der Waals surface area contributed by atoms with E-state index < -0.39 is 5.97 Å². The number of benzene rings is 1. The second-order valence-corrected chi connectivity index (χ2v) is 11.5. The van der Waals surface area contributed by atoms with Gasteiger partial charge in [-0.3, -0.25) is 9.69 Å². The molecule has 1 fully saturated rings. The van der Waals surface area contributed by atoms with Crippen molar-refractivity contribution in [2.24, 2.45) is 14.1 Å². The van der Waals surface area contributed by atoms with Gasteiger partial charge >= 0.3 is 5.97 Å². The van der Waals surface area contributed by atoms with Gasteiger partial charge in [-0.15, -0.1) is 0 Å². The Hall–Kier alpha value is -3.64. The van der Waals surface area contributed by atoms with Gasteiger partial charge in [0.05, 0.1) is 33.9 Å². The number of imidazole rings is 1. The monoisotopic (exact) mass is 597 g/mol. The molecule has 39 heavy (non-hydrogen) atoms. The zero-order valence-electron chi connectivity index (χ0n) is 22.4. The first-order valence-electron chi connectivity index (χ1n) is 12.7. The van der Waals surface area contributed by atoms with Crippen molar-refractivity contribution < 1.29 is 14.6 Å². The first kappa shape index (κ1) is 26.9. The van der Waals surface area contributed by atoms with E-state index in [1.54, 1.807) is 11.7 Å². The molecule has 0 spiro atoms. The molecular weight excluding hydrogens is 566 g/mol. The van der Waals surface area contributed by atoms with Gasteiger partial charge in [-0.05, 0) is 51.0 Å². The molecule has 0 aliphatic carbocycles. The number of halogens is 1. The number of likely N-dealkylation sites (tertiary alicyclic amines) is 1. The molecule has 1 aliphatic heterocycles. The molecule has 0 radical (unpaired) electrons. The van der Waals surface area contributed by atoms with Gasteiger partial charge < -0.3 is 24.7 Å². The Morgan fingerprint density at radius 1 is 1.26 bits per heavy atom. The third-order valence-electron chi connectivity index (χ3n) is 7.63. The highest BCUT2D eigenvalue weighted by atomic mass is 79.9. The van der Waals surface area contributed by atoms with Gasteiger partial charge in [-0.25, -0.2) is 14.5 Å². The second kappa shape index (κ2) is 10.2. The molecule has 4 heterocycles. The van der Waals surface area contributed by atoms with Crippen LogP contribution in [0.25, 0.3) is 22.2 Å². The number of aryl methyl sites for hydroxylation is 2. The first-order valence-corrected chi connectivity index (χ1v) is 13.5. The van der Waals surface area contributed by atoms with Crippen LogP contribution in [0.3, 0.4) is 0 Å². The van der Waals surface area contributed by atoms with Crippen molar-refractivity contribution in [3.05, 3.63) is 57.0 Å². The Morgan fingerprint density at radius 2 is 2.03 bits per heavy atom. The Bertz CT molecular complexity index is 1620. The number of anilines is 1. The SMILES string of the molecule is Cn1ncc(-c2cc(C(=O)O)cn(C)c2=O)c1OCCN1CC(n2c(N)nc3ccc(Br)cc32)CCC1(C)C. The molecule has 0 amide bonds. The van der Waals surface area contributed by atoms with Crippen molar-refractivity contribution in [3.8, 4) is 17.0 Å². The first-order chi connectivity index (χ1) is 18.5. The van der Waals surface area contributed by atoms with Crippen LogP contribution >= 0.6 is 15.9 Å². The van der Waals surface area contributed by atoms with Crippen LogP contribution in [-0.2, 0) is 14.1 Å². The number of nitrogen functional groups attached to an aromatic ring is 1. The van der Waals surface area contributed by atoms with E-state index in [-0.39, 0.29) is 28.3 Å². The molecule has 4 aromatic rings. The summed E-state index contributed by atoms with van der Waals surface area (Å²) in [7, 11) is 3.26. The Balaban J connectivity index is 1.36. The van der Waals surface area contributed by atoms with Crippen molar-refractivity contribution >= 4 is 38.9 Å². The smallest absolute Gasteiger partial charge is 0.337 e. The maximum Gasteiger partial charge on any atom is 0.337 e. The van der Waals surface area contributed by atoms with E-state index in [0.29, 0.717) is 30.5 Å². The lowest BCUT2D eigenvalue weighted by Gasteiger charge is -2.46. The predicted molar refractivity (Wildman–Crippen MR) is 152 cm³/mol. The van der Waals surface area contributed by atoms with Crippen LogP contribution in [0.4, 0.5) is 5.95 Å². The Kier molecular flexibility index (Phi) is 7.02. The van der Waals surface area contributed by atoms with Crippen molar-refractivity contribution in [1.29, 1.82) is 0 Å². The fraction of sp³-hybridized carbons (Fsp3) is 0.407. The van der Waals surface area contributed by atoms with E-state index in [9.17, 15) is 14.7 Å². The molecule has 1 atom stereocenters. The van der Waals surface area contributed by atoms with E-state index in [2.05, 4.69) is 55.4 Å².